The van der Waals surface area contributed by atoms with E-state index in [1.54, 1.807) is 0 Å². The Morgan fingerprint density at radius 3 is 2.69 bits per heavy atom. The van der Waals surface area contributed by atoms with Crippen LogP contribution >= 0.6 is 23.6 Å². The number of hydrogen-bond donors (Lipinski definition) is 3. The topological polar surface area (TPSA) is 69.4 Å². The number of piperidine rings is 1. The van der Waals surface area contributed by atoms with Crippen LogP contribution in [0.2, 0.25) is 0 Å². The summed E-state index contributed by atoms with van der Waals surface area (Å²) in [4.78, 5) is 18.6. The van der Waals surface area contributed by atoms with Crippen LogP contribution in [-0.4, -0.2) is 53.8 Å². The van der Waals surface area contributed by atoms with Gasteiger partial charge in [-0.15, -0.1) is 11.3 Å². The van der Waals surface area contributed by atoms with Crippen LogP contribution in [0.4, 0.5) is 5.69 Å². The minimum Gasteiger partial charge on any atom is -0.465 e. The number of anilines is 1. The van der Waals surface area contributed by atoms with E-state index in [4.69, 9.17) is 17.0 Å². The van der Waals surface area contributed by atoms with Gasteiger partial charge in [-0.2, -0.15) is 0 Å². The summed E-state index contributed by atoms with van der Waals surface area (Å²) in [6.45, 7) is 3.60. The van der Waals surface area contributed by atoms with Gasteiger partial charge in [-0.1, -0.05) is 18.2 Å². The van der Waals surface area contributed by atoms with Crippen LogP contribution in [0.15, 0.2) is 41.9 Å². The number of nitrogens with zero attached hydrogens (tertiary/aromatic N) is 1. The van der Waals surface area contributed by atoms with E-state index in [9.17, 15) is 4.79 Å². The molecular formula is C27H34N4O2S2. The molecule has 8 heteroatoms. The van der Waals surface area contributed by atoms with E-state index < -0.39 is 0 Å². The Hall–Kier alpha value is -2.42. The number of H-pyrrole nitrogens is 1. The quantitative estimate of drug-likeness (QED) is 0.290. The normalized spacial score (nSPS) is 21.6. The van der Waals surface area contributed by atoms with Crippen LogP contribution in [0.1, 0.15) is 59.7 Å². The third-order valence-electron chi connectivity index (χ3n) is 7.63. The monoisotopic (exact) mass is 510 g/mol. The lowest BCUT2D eigenvalue weighted by Crippen LogP contribution is -2.42. The molecule has 1 aliphatic heterocycles. The zero-order chi connectivity index (χ0) is 24.2. The molecule has 0 amide bonds. The molecule has 0 radical (unpaired) electrons. The number of para-hydroxylation sites is 1. The van der Waals surface area contributed by atoms with Gasteiger partial charge in [-0.3, -0.25) is 0 Å². The van der Waals surface area contributed by atoms with Crippen molar-refractivity contribution >= 4 is 51.2 Å². The highest BCUT2D eigenvalue weighted by Crippen LogP contribution is 2.34. The first kappa shape index (κ1) is 24.3. The summed E-state index contributed by atoms with van der Waals surface area (Å²) >= 11 is 6.88. The van der Waals surface area contributed by atoms with Gasteiger partial charge in [-0.05, 0) is 98.7 Å². The summed E-state index contributed by atoms with van der Waals surface area (Å²) in [5.41, 5.74) is 3.46. The lowest BCUT2D eigenvalue weighted by Gasteiger charge is -2.37. The maximum absolute atomic E-state index is 11.9. The number of methoxy groups -OCH3 is 1. The largest absolute Gasteiger partial charge is 0.465 e. The molecule has 186 valence electrons. The molecule has 0 unspecified atom stereocenters. The Balaban J connectivity index is 1.04. The predicted molar refractivity (Wildman–Crippen MR) is 147 cm³/mol. The molecule has 2 aromatic heterocycles. The molecule has 1 saturated heterocycles. The van der Waals surface area contributed by atoms with Gasteiger partial charge >= 0.3 is 5.97 Å². The van der Waals surface area contributed by atoms with Crippen LogP contribution in [0.3, 0.4) is 0 Å². The number of thiophene rings is 1. The number of nitrogens with one attached hydrogen (secondary N) is 3. The molecule has 0 spiro atoms. The van der Waals surface area contributed by atoms with Gasteiger partial charge in [0.05, 0.1) is 12.8 Å². The number of hydrogen-bond acceptors (Lipinski definition) is 5. The van der Waals surface area contributed by atoms with E-state index in [-0.39, 0.29) is 5.97 Å². The van der Waals surface area contributed by atoms with Crippen LogP contribution < -0.4 is 10.6 Å². The van der Waals surface area contributed by atoms with Crippen molar-refractivity contribution < 1.29 is 9.53 Å². The van der Waals surface area contributed by atoms with Gasteiger partial charge in [0, 0.05) is 29.7 Å². The molecule has 3 N–H and O–H groups in total. The highest BCUT2D eigenvalue weighted by molar-refractivity contribution is 7.80. The number of fused-ring (bicyclic) bond motifs is 1. The van der Waals surface area contributed by atoms with E-state index in [1.165, 1.54) is 80.2 Å². The van der Waals surface area contributed by atoms with Crippen LogP contribution in [-0.2, 0) is 4.74 Å². The van der Waals surface area contributed by atoms with E-state index in [1.807, 2.05) is 11.4 Å². The zero-order valence-corrected chi connectivity index (χ0v) is 21.9. The van der Waals surface area contributed by atoms with Crippen molar-refractivity contribution in [3.05, 3.63) is 52.3 Å². The van der Waals surface area contributed by atoms with Crippen LogP contribution in [0, 0.1) is 5.92 Å². The minimum absolute atomic E-state index is 0.337. The summed E-state index contributed by atoms with van der Waals surface area (Å²) in [7, 11) is 1.40. The van der Waals surface area contributed by atoms with Crippen molar-refractivity contribution in [1.82, 2.24) is 15.2 Å². The van der Waals surface area contributed by atoms with E-state index in [2.05, 4.69) is 51.0 Å². The SMILES string of the molecule is COC(=O)c1sccc1NC(=S)NC1CCC(CN2CCC(c3c[nH]c4ccccc34)CC2)CC1. The van der Waals surface area contributed by atoms with Crippen molar-refractivity contribution in [2.24, 2.45) is 5.92 Å². The Morgan fingerprint density at radius 1 is 1.14 bits per heavy atom. The summed E-state index contributed by atoms with van der Waals surface area (Å²) < 4.78 is 4.84. The number of thiocarbonyl (C=S) groups is 1. The van der Waals surface area contributed by atoms with Gasteiger partial charge in [0.2, 0.25) is 0 Å². The first-order valence-electron chi connectivity index (χ1n) is 12.6. The molecule has 0 bridgehead atoms. The van der Waals surface area contributed by atoms with Crippen molar-refractivity contribution in [3.8, 4) is 0 Å². The predicted octanol–water partition coefficient (Wildman–Crippen LogP) is 5.74. The number of aromatic nitrogens is 1. The molecular weight excluding hydrogens is 476 g/mol. The average Bonchev–Trinajstić information content (AvgIpc) is 3.52. The van der Waals surface area contributed by atoms with Gasteiger partial charge in [0.15, 0.2) is 5.11 Å². The third kappa shape index (κ3) is 5.71. The lowest BCUT2D eigenvalue weighted by atomic mass is 9.84. The maximum atomic E-state index is 11.9. The smallest absolute Gasteiger partial charge is 0.350 e. The number of esters is 1. The number of likely N-dealkylation sites (tertiary alicyclic amines) is 1. The fourth-order valence-corrected chi connectivity index (χ4v) is 6.76. The number of carbonyl (C=O) groups excluding carboxylic acids is 1. The van der Waals surface area contributed by atoms with E-state index in [0.29, 0.717) is 27.6 Å². The summed E-state index contributed by atoms with van der Waals surface area (Å²) in [5, 5.41) is 10.5. The molecule has 35 heavy (non-hydrogen) atoms. The van der Waals surface area contributed by atoms with Gasteiger partial charge in [-0.25, -0.2) is 4.79 Å². The molecule has 1 saturated carbocycles. The van der Waals surface area contributed by atoms with Crippen LogP contribution in [0.5, 0.6) is 0 Å². The summed E-state index contributed by atoms with van der Waals surface area (Å²) in [6.07, 6.45) is 9.44. The number of benzene rings is 1. The highest BCUT2D eigenvalue weighted by atomic mass is 32.1. The molecule has 5 rings (SSSR count). The lowest BCUT2D eigenvalue weighted by molar-refractivity contribution is 0.0607. The Morgan fingerprint density at radius 2 is 1.91 bits per heavy atom. The van der Waals surface area contributed by atoms with Gasteiger partial charge < -0.3 is 25.3 Å². The van der Waals surface area contributed by atoms with Crippen molar-refractivity contribution in [2.45, 2.75) is 50.5 Å². The first-order valence-corrected chi connectivity index (χ1v) is 13.9. The molecule has 2 aliphatic rings. The second-order valence-electron chi connectivity index (χ2n) is 9.84. The van der Waals surface area contributed by atoms with Gasteiger partial charge in [0.25, 0.3) is 0 Å². The van der Waals surface area contributed by atoms with Crippen molar-refractivity contribution in [1.29, 1.82) is 0 Å². The first-order chi connectivity index (χ1) is 17.1. The standard InChI is InChI=1S/C27H34N4O2S2/c1-33-26(32)25-24(12-15-35-25)30-27(34)29-20-8-6-18(7-9-20)17-31-13-10-19(11-14-31)22-16-28-23-5-3-2-4-21(22)23/h2-5,12,15-16,18-20,28H,6-11,13-14,17H2,1H3,(H2,29,30,34). The number of rotatable bonds is 6. The van der Waals surface area contributed by atoms with Crippen molar-refractivity contribution in [2.75, 3.05) is 32.1 Å². The van der Waals surface area contributed by atoms with Crippen molar-refractivity contribution in [3.63, 3.8) is 0 Å². The van der Waals surface area contributed by atoms with Crippen LogP contribution in [0.25, 0.3) is 10.9 Å². The zero-order valence-electron chi connectivity index (χ0n) is 20.2. The molecule has 2 fully saturated rings. The molecule has 1 aliphatic carbocycles. The second-order valence-corrected chi connectivity index (χ2v) is 11.2. The summed E-state index contributed by atoms with van der Waals surface area (Å²) in [6, 6.07) is 10.9. The fraction of sp³-hybridized carbons (Fsp3) is 0.481. The molecule has 3 heterocycles. The Labute approximate surface area is 216 Å². The number of ether oxygens (including phenoxy) is 1. The number of carbonyl (C=O) groups is 1. The molecule has 3 aromatic rings. The second kappa shape index (κ2) is 11.1. The number of aromatic amines is 1. The average molecular weight is 511 g/mol. The molecule has 6 nitrogen and oxygen atoms in total. The molecule has 1 aromatic carbocycles. The Bertz CT molecular complexity index is 1160. The van der Waals surface area contributed by atoms with E-state index in [0.717, 1.165) is 18.8 Å². The highest BCUT2D eigenvalue weighted by Gasteiger charge is 2.27. The Kier molecular flexibility index (Phi) is 7.70. The van der Waals surface area contributed by atoms with E-state index >= 15 is 0 Å². The maximum Gasteiger partial charge on any atom is 0.350 e. The van der Waals surface area contributed by atoms with Gasteiger partial charge in [0.1, 0.15) is 4.88 Å². The third-order valence-corrected chi connectivity index (χ3v) is 8.75. The summed E-state index contributed by atoms with van der Waals surface area (Å²) in [5.74, 6) is 1.09. The molecule has 0 atom stereocenters. The minimum atomic E-state index is -0.337. The fourth-order valence-electron chi connectivity index (χ4n) is 5.72.